The van der Waals surface area contributed by atoms with Crippen LogP contribution in [0.5, 0.6) is 0 Å². The summed E-state index contributed by atoms with van der Waals surface area (Å²) in [6, 6.07) is 4.38. The molecule has 0 spiro atoms. The lowest BCUT2D eigenvalue weighted by Crippen LogP contribution is -2.15. The molecule has 2 aromatic rings. The van der Waals surface area contributed by atoms with E-state index in [1.807, 2.05) is 11.3 Å². The molecule has 0 saturated heterocycles. The predicted molar refractivity (Wildman–Crippen MR) is 76.9 cm³/mol. The summed E-state index contributed by atoms with van der Waals surface area (Å²) in [5, 5.41) is 10.2. The molecule has 0 fully saturated rings. The Hall–Kier alpha value is -1.13. The van der Waals surface area contributed by atoms with E-state index in [9.17, 15) is 0 Å². The lowest BCUT2D eigenvalue weighted by atomic mass is 10.3. The molecule has 0 aliphatic heterocycles. The van der Waals surface area contributed by atoms with Crippen LogP contribution in [0.2, 0.25) is 0 Å². The highest BCUT2D eigenvalue weighted by Gasteiger charge is 2.05. The van der Waals surface area contributed by atoms with Gasteiger partial charge in [0.15, 0.2) is 0 Å². The quantitative estimate of drug-likeness (QED) is 0.868. The summed E-state index contributed by atoms with van der Waals surface area (Å²) in [4.78, 5) is 1.42. The Labute approximate surface area is 113 Å². The van der Waals surface area contributed by atoms with Crippen molar-refractivity contribution in [1.82, 2.24) is 15.1 Å². The zero-order chi connectivity index (χ0) is 13.0. The van der Waals surface area contributed by atoms with E-state index in [0.717, 1.165) is 26.1 Å². The summed E-state index contributed by atoms with van der Waals surface area (Å²) in [5.41, 5.74) is 3.84. The van der Waals surface area contributed by atoms with Crippen LogP contribution < -0.4 is 5.32 Å². The van der Waals surface area contributed by atoms with Crippen molar-refractivity contribution in [2.75, 3.05) is 0 Å². The molecule has 0 aromatic carbocycles. The van der Waals surface area contributed by atoms with Gasteiger partial charge >= 0.3 is 0 Å². The first-order valence-corrected chi connectivity index (χ1v) is 7.41. The molecule has 0 radical (unpaired) electrons. The van der Waals surface area contributed by atoms with Crippen molar-refractivity contribution in [2.24, 2.45) is 0 Å². The van der Waals surface area contributed by atoms with Gasteiger partial charge in [0.1, 0.15) is 0 Å². The lowest BCUT2D eigenvalue weighted by Gasteiger charge is -2.06. The Bertz CT molecular complexity index is 499. The Morgan fingerprint density at radius 2 is 2.17 bits per heavy atom. The molecule has 1 N–H and O–H groups in total. The van der Waals surface area contributed by atoms with Gasteiger partial charge in [-0.15, -0.1) is 11.3 Å². The molecule has 0 atom stereocenters. The second-order valence-electron chi connectivity index (χ2n) is 4.43. The van der Waals surface area contributed by atoms with Crippen LogP contribution in [0.25, 0.3) is 0 Å². The fourth-order valence-corrected chi connectivity index (χ4v) is 2.87. The van der Waals surface area contributed by atoms with Crippen LogP contribution in [0.1, 0.15) is 35.7 Å². The number of hydrogen-bond acceptors (Lipinski definition) is 3. The van der Waals surface area contributed by atoms with Gasteiger partial charge in [0.2, 0.25) is 0 Å². The molecule has 2 heterocycles. The molecule has 0 amide bonds. The maximum atomic E-state index is 4.56. The molecule has 2 aromatic heterocycles. The van der Waals surface area contributed by atoms with Crippen LogP contribution in [0.15, 0.2) is 17.5 Å². The van der Waals surface area contributed by atoms with Crippen molar-refractivity contribution in [2.45, 2.75) is 46.8 Å². The third kappa shape index (κ3) is 3.00. The number of aromatic nitrogens is 2. The summed E-state index contributed by atoms with van der Waals surface area (Å²) >= 11 is 1.82. The molecule has 0 aliphatic carbocycles. The van der Waals surface area contributed by atoms with Gasteiger partial charge in [-0.3, -0.25) is 4.68 Å². The van der Waals surface area contributed by atoms with Crippen molar-refractivity contribution >= 4 is 11.3 Å². The van der Waals surface area contributed by atoms with Gasteiger partial charge in [-0.1, -0.05) is 6.92 Å². The van der Waals surface area contributed by atoms with Crippen molar-refractivity contribution in [3.05, 3.63) is 39.3 Å². The average Bonchev–Trinajstić information content (AvgIpc) is 2.96. The lowest BCUT2D eigenvalue weighted by molar-refractivity contribution is 0.578. The largest absolute Gasteiger partial charge is 0.306 e. The Balaban J connectivity index is 1.93. The van der Waals surface area contributed by atoms with Crippen LogP contribution in [0.3, 0.4) is 0 Å². The molecule has 4 heteroatoms. The number of rotatable bonds is 6. The molecule has 3 nitrogen and oxygen atoms in total. The van der Waals surface area contributed by atoms with E-state index < -0.39 is 0 Å². The number of nitrogens with one attached hydrogen (secondary N) is 1. The second kappa shape index (κ2) is 6.16. The molecule has 0 unspecified atom stereocenters. The van der Waals surface area contributed by atoms with E-state index in [2.05, 4.69) is 53.4 Å². The molecule has 18 heavy (non-hydrogen) atoms. The molecule has 0 saturated carbocycles. The van der Waals surface area contributed by atoms with E-state index in [4.69, 9.17) is 0 Å². The van der Waals surface area contributed by atoms with E-state index in [1.54, 1.807) is 0 Å². The van der Waals surface area contributed by atoms with Gasteiger partial charge in [-0.05, 0) is 43.3 Å². The van der Waals surface area contributed by atoms with E-state index >= 15 is 0 Å². The van der Waals surface area contributed by atoms with Gasteiger partial charge < -0.3 is 5.32 Å². The number of nitrogens with zero attached hydrogens (tertiary/aromatic N) is 2. The van der Waals surface area contributed by atoms with Crippen LogP contribution in [0.4, 0.5) is 0 Å². The number of thiophene rings is 1. The highest BCUT2D eigenvalue weighted by molar-refractivity contribution is 7.10. The minimum absolute atomic E-state index is 0.887. The van der Waals surface area contributed by atoms with Gasteiger partial charge in [0.25, 0.3) is 0 Å². The van der Waals surface area contributed by atoms with Crippen LogP contribution >= 0.6 is 11.3 Å². The summed E-state index contributed by atoms with van der Waals surface area (Å²) in [6.45, 7) is 9.22. The molecular weight excluding hydrogens is 242 g/mol. The minimum Gasteiger partial charge on any atom is -0.306 e. The SMILES string of the molecule is CCc1cc(CNCc2sccc2C)n(CC)n1. The Kier molecular flexibility index (Phi) is 4.55. The van der Waals surface area contributed by atoms with Gasteiger partial charge in [0, 0.05) is 24.5 Å². The molecule has 2 rings (SSSR count). The maximum absolute atomic E-state index is 4.56. The van der Waals surface area contributed by atoms with E-state index in [-0.39, 0.29) is 0 Å². The standard InChI is InChI=1S/C14H21N3S/c1-4-12-8-13(17(5-2)16-12)9-15-10-14-11(3)6-7-18-14/h6-8,15H,4-5,9-10H2,1-3H3. The summed E-state index contributed by atoms with van der Waals surface area (Å²) in [7, 11) is 0. The fraction of sp³-hybridized carbons (Fsp3) is 0.500. The van der Waals surface area contributed by atoms with Crippen LogP contribution in [-0.2, 0) is 26.1 Å². The zero-order valence-electron chi connectivity index (χ0n) is 11.4. The predicted octanol–water partition coefficient (Wildman–Crippen LogP) is 3.13. The maximum Gasteiger partial charge on any atom is 0.0625 e. The highest BCUT2D eigenvalue weighted by Crippen LogP contribution is 2.15. The number of aryl methyl sites for hydroxylation is 3. The smallest absolute Gasteiger partial charge is 0.0625 e. The highest BCUT2D eigenvalue weighted by atomic mass is 32.1. The van der Waals surface area contributed by atoms with Crippen LogP contribution in [0, 0.1) is 6.92 Å². The van der Waals surface area contributed by atoms with Crippen molar-refractivity contribution < 1.29 is 0 Å². The Morgan fingerprint density at radius 3 is 2.78 bits per heavy atom. The van der Waals surface area contributed by atoms with Crippen molar-refractivity contribution in [3.8, 4) is 0 Å². The van der Waals surface area contributed by atoms with Crippen molar-refractivity contribution in [1.29, 1.82) is 0 Å². The minimum atomic E-state index is 0.887. The number of hydrogen-bond donors (Lipinski definition) is 1. The van der Waals surface area contributed by atoms with E-state index in [0.29, 0.717) is 0 Å². The van der Waals surface area contributed by atoms with Gasteiger partial charge in [-0.2, -0.15) is 5.10 Å². The third-order valence-electron chi connectivity index (χ3n) is 3.14. The van der Waals surface area contributed by atoms with Gasteiger partial charge in [-0.25, -0.2) is 0 Å². The normalized spacial score (nSPS) is 11.1. The fourth-order valence-electron chi connectivity index (χ4n) is 1.99. The molecule has 0 bridgehead atoms. The topological polar surface area (TPSA) is 29.9 Å². The Morgan fingerprint density at radius 1 is 1.33 bits per heavy atom. The third-order valence-corrected chi connectivity index (χ3v) is 4.16. The van der Waals surface area contributed by atoms with Crippen LogP contribution in [-0.4, -0.2) is 9.78 Å². The monoisotopic (exact) mass is 263 g/mol. The first-order valence-electron chi connectivity index (χ1n) is 6.53. The van der Waals surface area contributed by atoms with Crippen molar-refractivity contribution in [3.63, 3.8) is 0 Å². The second-order valence-corrected chi connectivity index (χ2v) is 5.43. The summed E-state index contributed by atoms with van der Waals surface area (Å²) in [5.74, 6) is 0. The van der Waals surface area contributed by atoms with E-state index in [1.165, 1.54) is 21.8 Å². The summed E-state index contributed by atoms with van der Waals surface area (Å²) in [6.07, 6.45) is 1.00. The molecular formula is C14H21N3S. The molecule has 98 valence electrons. The average molecular weight is 263 g/mol. The molecule has 0 aliphatic rings. The zero-order valence-corrected chi connectivity index (χ0v) is 12.2. The first kappa shape index (κ1) is 13.3. The van der Waals surface area contributed by atoms with Gasteiger partial charge in [0.05, 0.1) is 11.4 Å². The summed E-state index contributed by atoms with van der Waals surface area (Å²) < 4.78 is 2.09. The first-order chi connectivity index (χ1) is 8.74.